The second-order valence-electron chi connectivity index (χ2n) is 5.07. The molecule has 0 aliphatic heterocycles. The van der Waals surface area contributed by atoms with Crippen LogP contribution in [-0.2, 0) is 6.42 Å². The van der Waals surface area contributed by atoms with Crippen LogP contribution in [0.15, 0.2) is 54.7 Å². The van der Waals surface area contributed by atoms with Crippen LogP contribution >= 0.6 is 0 Å². The zero-order valence-corrected chi connectivity index (χ0v) is 11.7. The highest BCUT2D eigenvalue weighted by Crippen LogP contribution is 2.11. The lowest BCUT2D eigenvalue weighted by molar-refractivity contribution is 0.450. The first-order valence-electron chi connectivity index (χ1n) is 6.96. The number of hydrogen-bond acceptors (Lipinski definition) is 2. The Morgan fingerprint density at radius 2 is 1.74 bits per heavy atom. The van der Waals surface area contributed by atoms with Crippen LogP contribution in [0.3, 0.4) is 0 Å². The molecule has 2 unspecified atom stereocenters. The Morgan fingerprint density at radius 3 is 2.42 bits per heavy atom. The molecule has 0 radical (unpaired) electrons. The maximum atomic E-state index is 4.39. The van der Waals surface area contributed by atoms with Crippen molar-refractivity contribution < 1.29 is 0 Å². The van der Waals surface area contributed by atoms with E-state index in [1.807, 2.05) is 18.3 Å². The molecule has 0 spiro atoms. The van der Waals surface area contributed by atoms with Crippen molar-refractivity contribution in [3.05, 3.63) is 66.0 Å². The van der Waals surface area contributed by atoms with Gasteiger partial charge in [0.1, 0.15) is 0 Å². The van der Waals surface area contributed by atoms with Crippen molar-refractivity contribution in [2.45, 2.75) is 38.8 Å². The number of nitrogens with zero attached hydrogens (tertiary/aromatic N) is 1. The van der Waals surface area contributed by atoms with Crippen LogP contribution < -0.4 is 5.32 Å². The van der Waals surface area contributed by atoms with Crippen molar-refractivity contribution >= 4 is 0 Å². The summed E-state index contributed by atoms with van der Waals surface area (Å²) in [4.78, 5) is 4.39. The lowest BCUT2D eigenvalue weighted by Gasteiger charge is -2.19. The molecule has 1 N–H and O–H groups in total. The van der Waals surface area contributed by atoms with Crippen LogP contribution in [0.4, 0.5) is 0 Å². The topological polar surface area (TPSA) is 24.9 Å². The molecule has 0 aliphatic carbocycles. The van der Waals surface area contributed by atoms with Crippen molar-refractivity contribution in [2.24, 2.45) is 0 Å². The number of pyridine rings is 1. The van der Waals surface area contributed by atoms with Crippen LogP contribution in [0.2, 0.25) is 0 Å². The summed E-state index contributed by atoms with van der Waals surface area (Å²) >= 11 is 0. The van der Waals surface area contributed by atoms with E-state index in [1.54, 1.807) is 0 Å². The Hall–Kier alpha value is -1.67. The third kappa shape index (κ3) is 4.49. The summed E-state index contributed by atoms with van der Waals surface area (Å²) < 4.78 is 0. The highest BCUT2D eigenvalue weighted by atomic mass is 15.0. The first-order valence-corrected chi connectivity index (χ1v) is 6.96. The molecule has 1 heterocycles. The fourth-order valence-electron chi connectivity index (χ4n) is 2.26. The van der Waals surface area contributed by atoms with Crippen molar-refractivity contribution in [3.8, 4) is 0 Å². The Kier molecular flexibility index (Phi) is 5.10. The Bertz CT molecular complexity index is 467. The van der Waals surface area contributed by atoms with Gasteiger partial charge >= 0.3 is 0 Å². The average molecular weight is 254 g/mol. The van der Waals surface area contributed by atoms with E-state index in [1.165, 1.54) is 5.56 Å². The van der Waals surface area contributed by atoms with Crippen LogP contribution in [0.25, 0.3) is 0 Å². The van der Waals surface area contributed by atoms with Crippen LogP contribution in [0.1, 0.15) is 37.6 Å². The van der Waals surface area contributed by atoms with E-state index < -0.39 is 0 Å². The van der Waals surface area contributed by atoms with Crippen LogP contribution in [-0.4, -0.2) is 11.0 Å². The molecule has 0 fully saturated rings. The molecule has 0 saturated carbocycles. The zero-order valence-electron chi connectivity index (χ0n) is 11.7. The molecular formula is C17H22N2. The molecule has 19 heavy (non-hydrogen) atoms. The quantitative estimate of drug-likeness (QED) is 0.849. The van der Waals surface area contributed by atoms with E-state index in [9.17, 15) is 0 Å². The standard InChI is InChI=1S/C17H22N2/c1-14(11-12-16-8-4-3-5-9-16)19-15(2)17-10-6-7-13-18-17/h3-10,13-15,19H,11-12H2,1-2H3. The lowest BCUT2D eigenvalue weighted by Crippen LogP contribution is -2.29. The van der Waals surface area contributed by atoms with Gasteiger partial charge in [-0.2, -0.15) is 0 Å². The normalized spacial score (nSPS) is 14.0. The van der Waals surface area contributed by atoms with Gasteiger partial charge in [-0.15, -0.1) is 0 Å². The second-order valence-corrected chi connectivity index (χ2v) is 5.07. The summed E-state index contributed by atoms with van der Waals surface area (Å²) in [7, 11) is 0. The number of rotatable bonds is 6. The van der Waals surface area contributed by atoms with Crippen LogP contribution in [0, 0.1) is 0 Å². The van der Waals surface area contributed by atoms with E-state index in [2.05, 4.69) is 60.5 Å². The molecule has 2 rings (SSSR count). The molecule has 0 aliphatic rings. The van der Waals surface area contributed by atoms with E-state index >= 15 is 0 Å². The van der Waals surface area contributed by atoms with Gasteiger partial charge in [0.05, 0.1) is 5.69 Å². The molecule has 0 bridgehead atoms. The lowest BCUT2D eigenvalue weighted by atomic mass is 10.1. The number of aromatic nitrogens is 1. The van der Waals surface area contributed by atoms with Crippen molar-refractivity contribution in [3.63, 3.8) is 0 Å². The zero-order chi connectivity index (χ0) is 13.5. The van der Waals surface area contributed by atoms with Gasteiger partial charge in [-0.25, -0.2) is 0 Å². The molecule has 1 aromatic carbocycles. The van der Waals surface area contributed by atoms with Crippen molar-refractivity contribution in [1.82, 2.24) is 10.3 Å². The Morgan fingerprint density at radius 1 is 1.00 bits per heavy atom. The van der Waals surface area contributed by atoms with E-state index in [0.29, 0.717) is 12.1 Å². The van der Waals surface area contributed by atoms with E-state index in [0.717, 1.165) is 18.5 Å². The first kappa shape index (κ1) is 13.8. The predicted molar refractivity (Wildman–Crippen MR) is 80.0 cm³/mol. The molecule has 2 heteroatoms. The number of hydrogen-bond donors (Lipinski definition) is 1. The smallest absolute Gasteiger partial charge is 0.0570 e. The van der Waals surface area contributed by atoms with Crippen LogP contribution in [0.5, 0.6) is 0 Å². The van der Waals surface area contributed by atoms with Crippen molar-refractivity contribution in [1.29, 1.82) is 0 Å². The molecule has 100 valence electrons. The Balaban J connectivity index is 1.80. The van der Waals surface area contributed by atoms with Gasteiger partial charge in [-0.05, 0) is 44.4 Å². The van der Waals surface area contributed by atoms with Gasteiger partial charge in [0.15, 0.2) is 0 Å². The predicted octanol–water partition coefficient (Wildman–Crippen LogP) is 3.75. The minimum Gasteiger partial charge on any atom is -0.306 e. The third-order valence-electron chi connectivity index (χ3n) is 3.37. The largest absolute Gasteiger partial charge is 0.306 e. The summed E-state index contributed by atoms with van der Waals surface area (Å²) in [6.07, 6.45) is 4.10. The number of benzene rings is 1. The SMILES string of the molecule is CC(CCc1ccccc1)NC(C)c1ccccn1. The van der Waals surface area contributed by atoms with E-state index in [4.69, 9.17) is 0 Å². The minimum absolute atomic E-state index is 0.298. The van der Waals surface area contributed by atoms with Gasteiger partial charge < -0.3 is 5.32 Å². The van der Waals surface area contributed by atoms with E-state index in [-0.39, 0.29) is 0 Å². The fourth-order valence-corrected chi connectivity index (χ4v) is 2.26. The molecule has 0 amide bonds. The number of nitrogens with one attached hydrogen (secondary N) is 1. The monoisotopic (exact) mass is 254 g/mol. The minimum atomic E-state index is 0.298. The molecule has 0 saturated heterocycles. The van der Waals surface area contributed by atoms with Gasteiger partial charge in [0, 0.05) is 18.3 Å². The Labute approximate surface area is 115 Å². The summed E-state index contributed by atoms with van der Waals surface area (Å²) in [6, 6.07) is 17.5. The molecule has 2 aromatic rings. The third-order valence-corrected chi connectivity index (χ3v) is 3.37. The highest BCUT2D eigenvalue weighted by Gasteiger charge is 2.09. The van der Waals surface area contributed by atoms with Gasteiger partial charge in [0.2, 0.25) is 0 Å². The fraction of sp³-hybridized carbons (Fsp3) is 0.353. The molecule has 2 nitrogen and oxygen atoms in total. The van der Waals surface area contributed by atoms with Gasteiger partial charge in [0.25, 0.3) is 0 Å². The second kappa shape index (κ2) is 7.05. The van der Waals surface area contributed by atoms with Gasteiger partial charge in [-0.3, -0.25) is 4.98 Å². The summed E-state index contributed by atoms with van der Waals surface area (Å²) in [5, 5.41) is 3.60. The molecular weight excluding hydrogens is 232 g/mol. The molecule has 2 atom stereocenters. The van der Waals surface area contributed by atoms with Crippen molar-refractivity contribution in [2.75, 3.05) is 0 Å². The number of aryl methyl sites for hydroxylation is 1. The van der Waals surface area contributed by atoms with Gasteiger partial charge in [-0.1, -0.05) is 36.4 Å². The first-order chi connectivity index (χ1) is 9.25. The highest BCUT2D eigenvalue weighted by molar-refractivity contribution is 5.15. The maximum Gasteiger partial charge on any atom is 0.0570 e. The summed E-state index contributed by atoms with van der Waals surface area (Å²) in [5.74, 6) is 0. The average Bonchev–Trinajstić information content (AvgIpc) is 2.47. The maximum absolute atomic E-state index is 4.39. The summed E-state index contributed by atoms with van der Waals surface area (Å²) in [5.41, 5.74) is 2.51. The summed E-state index contributed by atoms with van der Waals surface area (Å²) in [6.45, 7) is 4.41. The molecule has 1 aromatic heterocycles.